The van der Waals surface area contributed by atoms with Crippen LogP contribution in [0.1, 0.15) is 6.92 Å². The minimum absolute atomic E-state index is 0.196. The first-order chi connectivity index (χ1) is 5.68. The summed E-state index contributed by atoms with van der Waals surface area (Å²) >= 11 is 0.977. The zero-order valence-corrected chi connectivity index (χ0v) is 7.30. The first-order valence-electron chi connectivity index (χ1n) is 3.32. The van der Waals surface area contributed by atoms with Gasteiger partial charge in [0.05, 0.1) is 12.0 Å². The lowest BCUT2D eigenvalue weighted by molar-refractivity contribution is -0.130. The smallest absolute Gasteiger partial charge is 0.315 e. The monoisotopic (exact) mass is 184 g/mol. The summed E-state index contributed by atoms with van der Waals surface area (Å²) < 4.78 is 4.66. The van der Waals surface area contributed by atoms with Crippen LogP contribution in [0.5, 0.6) is 5.75 Å². The fourth-order valence-corrected chi connectivity index (χ4v) is 1.07. The Kier molecular flexibility index (Phi) is 2.99. The Balaban J connectivity index is 2.53. The van der Waals surface area contributed by atoms with Gasteiger partial charge in [0, 0.05) is 11.8 Å². The fraction of sp³-hybridized carbons (Fsp3) is 0.125. The third kappa shape index (κ3) is 2.84. The lowest BCUT2D eigenvalue weighted by Gasteiger charge is -1.98. The molecule has 0 bridgehead atoms. The number of aromatic hydroxyl groups is 1. The molecule has 3 nitrogen and oxygen atoms in total. The van der Waals surface area contributed by atoms with Crippen LogP contribution in [0.4, 0.5) is 0 Å². The molecule has 12 heavy (non-hydrogen) atoms. The maximum Gasteiger partial charge on any atom is 0.315 e. The second-order valence-electron chi connectivity index (χ2n) is 2.15. The van der Waals surface area contributed by atoms with E-state index in [4.69, 9.17) is 5.11 Å². The molecule has 0 aliphatic carbocycles. The van der Waals surface area contributed by atoms with Crippen LogP contribution >= 0.6 is 12.0 Å². The van der Waals surface area contributed by atoms with Gasteiger partial charge in [-0.15, -0.1) is 0 Å². The predicted octanol–water partition coefficient (Wildman–Crippen LogP) is 1.96. The molecule has 0 saturated carbocycles. The third-order valence-corrected chi connectivity index (χ3v) is 1.87. The van der Waals surface area contributed by atoms with E-state index in [2.05, 4.69) is 4.18 Å². The minimum atomic E-state index is -0.340. The summed E-state index contributed by atoms with van der Waals surface area (Å²) in [5.41, 5.74) is 0. The summed E-state index contributed by atoms with van der Waals surface area (Å²) in [6.45, 7) is 1.34. The van der Waals surface area contributed by atoms with Gasteiger partial charge in [-0.2, -0.15) is 0 Å². The highest BCUT2D eigenvalue weighted by Crippen LogP contribution is 2.21. The highest BCUT2D eigenvalue weighted by Gasteiger charge is 1.97. The molecule has 0 radical (unpaired) electrons. The largest absolute Gasteiger partial charge is 0.508 e. The van der Waals surface area contributed by atoms with Crippen LogP contribution in [0.2, 0.25) is 0 Å². The molecule has 0 spiro atoms. The summed E-state index contributed by atoms with van der Waals surface area (Å²) in [5, 5.41) is 8.92. The molecule has 4 heteroatoms. The third-order valence-electron chi connectivity index (χ3n) is 1.09. The van der Waals surface area contributed by atoms with E-state index in [1.807, 2.05) is 0 Å². The highest BCUT2D eigenvalue weighted by atomic mass is 32.2. The number of benzene rings is 1. The van der Waals surface area contributed by atoms with Gasteiger partial charge in [-0.05, 0) is 24.3 Å². The van der Waals surface area contributed by atoms with Crippen molar-refractivity contribution in [2.75, 3.05) is 0 Å². The zero-order chi connectivity index (χ0) is 8.97. The number of hydrogen-bond donors (Lipinski definition) is 1. The molecule has 64 valence electrons. The number of phenols is 1. The highest BCUT2D eigenvalue weighted by molar-refractivity contribution is 7.95. The zero-order valence-electron chi connectivity index (χ0n) is 6.48. The van der Waals surface area contributed by atoms with Crippen molar-refractivity contribution >= 4 is 18.0 Å². The SMILES string of the molecule is CC(=O)OSc1ccc(O)cc1. The van der Waals surface area contributed by atoms with Gasteiger partial charge in [-0.25, -0.2) is 0 Å². The molecular formula is C8H8O3S. The maximum absolute atomic E-state index is 10.4. The minimum Gasteiger partial charge on any atom is -0.508 e. The van der Waals surface area contributed by atoms with E-state index in [9.17, 15) is 4.79 Å². The van der Waals surface area contributed by atoms with Crippen molar-refractivity contribution in [2.45, 2.75) is 11.8 Å². The molecule has 1 aromatic carbocycles. The van der Waals surface area contributed by atoms with Crippen molar-refractivity contribution < 1.29 is 14.1 Å². The van der Waals surface area contributed by atoms with Crippen LogP contribution in [-0.4, -0.2) is 11.1 Å². The molecule has 0 aromatic heterocycles. The van der Waals surface area contributed by atoms with Crippen LogP contribution in [0.25, 0.3) is 0 Å². The Morgan fingerprint density at radius 2 is 2.00 bits per heavy atom. The first kappa shape index (κ1) is 8.93. The van der Waals surface area contributed by atoms with Crippen molar-refractivity contribution in [1.29, 1.82) is 0 Å². The average Bonchev–Trinajstić information content (AvgIpc) is 2.03. The molecule has 0 heterocycles. The van der Waals surface area contributed by atoms with E-state index in [0.29, 0.717) is 0 Å². The fourth-order valence-electron chi connectivity index (χ4n) is 0.608. The van der Waals surface area contributed by atoms with Crippen molar-refractivity contribution in [3.05, 3.63) is 24.3 Å². The molecule has 0 amide bonds. The molecule has 1 N–H and O–H groups in total. The number of rotatable bonds is 2. The average molecular weight is 184 g/mol. The summed E-state index contributed by atoms with van der Waals surface area (Å²) in [5.74, 6) is -0.143. The summed E-state index contributed by atoms with van der Waals surface area (Å²) in [6.07, 6.45) is 0. The van der Waals surface area contributed by atoms with Gasteiger partial charge in [0.25, 0.3) is 0 Å². The van der Waals surface area contributed by atoms with Gasteiger partial charge in [0.2, 0.25) is 0 Å². The van der Waals surface area contributed by atoms with E-state index in [-0.39, 0.29) is 11.7 Å². The Labute approximate surface area is 74.6 Å². The number of carbonyl (C=O) groups is 1. The van der Waals surface area contributed by atoms with Crippen molar-refractivity contribution in [2.24, 2.45) is 0 Å². The number of carbonyl (C=O) groups excluding carboxylic acids is 1. The van der Waals surface area contributed by atoms with Crippen LogP contribution < -0.4 is 0 Å². The molecule has 0 unspecified atom stereocenters. The maximum atomic E-state index is 10.4. The molecular weight excluding hydrogens is 176 g/mol. The topological polar surface area (TPSA) is 46.5 Å². The first-order valence-corrected chi connectivity index (χ1v) is 4.07. The van der Waals surface area contributed by atoms with Gasteiger partial charge in [0.1, 0.15) is 5.75 Å². The van der Waals surface area contributed by atoms with Crippen LogP contribution in [0.3, 0.4) is 0 Å². The molecule has 0 aliphatic rings. The molecule has 0 atom stereocenters. The van der Waals surface area contributed by atoms with Crippen LogP contribution in [-0.2, 0) is 8.98 Å². The second-order valence-corrected chi connectivity index (χ2v) is 2.96. The van der Waals surface area contributed by atoms with Gasteiger partial charge in [-0.3, -0.25) is 4.79 Å². The Morgan fingerprint density at radius 1 is 1.42 bits per heavy atom. The Morgan fingerprint density at radius 3 is 2.50 bits per heavy atom. The van der Waals surface area contributed by atoms with Crippen LogP contribution in [0, 0.1) is 0 Å². The predicted molar refractivity (Wildman–Crippen MR) is 45.7 cm³/mol. The quantitative estimate of drug-likeness (QED) is 0.714. The molecule has 0 aliphatic heterocycles. The standard InChI is InChI=1S/C8H8O3S/c1-6(9)11-12-8-4-2-7(10)3-5-8/h2-5,10H,1H3. The lowest BCUT2D eigenvalue weighted by Crippen LogP contribution is -1.88. The lowest BCUT2D eigenvalue weighted by atomic mass is 10.3. The van der Waals surface area contributed by atoms with Gasteiger partial charge in [-0.1, -0.05) is 0 Å². The van der Waals surface area contributed by atoms with Crippen molar-refractivity contribution in [1.82, 2.24) is 0 Å². The Hall–Kier alpha value is -1.16. The number of hydrogen-bond acceptors (Lipinski definition) is 4. The van der Waals surface area contributed by atoms with Crippen molar-refractivity contribution in [3.63, 3.8) is 0 Å². The molecule has 0 fully saturated rings. The summed E-state index contributed by atoms with van der Waals surface area (Å²) in [6, 6.07) is 6.41. The second kappa shape index (κ2) is 4.01. The summed E-state index contributed by atoms with van der Waals surface area (Å²) in [7, 11) is 0. The van der Waals surface area contributed by atoms with E-state index in [0.717, 1.165) is 16.9 Å². The number of phenolic OH excluding ortho intramolecular Hbond substituents is 1. The van der Waals surface area contributed by atoms with Crippen LogP contribution in [0.15, 0.2) is 29.2 Å². The van der Waals surface area contributed by atoms with E-state index in [1.165, 1.54) is 19.1 Å². The van der Waals surface area contributed by atoms with Gasteiger partial charge >= 0.3 is 5.97 Å². The van der Waals surface area contributed by atoms with Gasteiger partial charge < -0.3 is 9.29 Å². The molecule has 1 aromatic rings. The van der Waals surface area contributed by atoms with E-state index < -0.39 is 0 Å². The molecule has 0 saturated heterocycles. The van der Waals surface area contributed by atoms with Gasteiger partial charge in [0.15, 0.2) is 0 Å². The van der Waals surface area contributed by atoms with E-state index >= 15 is 0 Å². The normalized spacial score (nSPS) is 9.42. The summed E-state index contributed by atoms with van der Waals surface area (Å²) in [4.78, 5) is 11.2. The van der Waals surface area contributed by atoms with Crippen molar-refractivity contribution in [3.8, 4) is 5.75 Å². The molecule has 1 rings (SSSR count). The Bertz CT molecular complexity index is 268. The van der Waals surface area contributed by atoms with E-state index in [1.54, 1.807) is 12.1 Å².